The zero-order valence-corrected chi connectivity index (χ0v) is 15.0. The van der Waals surface area contributed by atoms with Crippen LogP contribution in [0.25, 0.3) is 0 Å². The number of hydrogen-bond donors (Lipinski definition) is 0. The Hall–Kier alpha value is -2.11. The number of benzene rings is 1. The van der Waals surface area contributed by atoms with Gasteiger partial charge in [-0.1, -0.05) is 6.07 Å². The maximum absolute atomic E-state index is 14.4. The van der Waals surface area contributed by atoms with Crippen LogP contribution in [-0.2, 0) is 4.79 Å². The molecule has 1 aromatic rings. The van der Waals surface area contributed by atoms with Crippen LogP contribution < -0.4 is 4.74 Å². The normalized spacial score (nSPS) is 23.6. The van der Waals surface area contributed by atoms with E-state index < -0.39 is 17.3 Å². The number of amides is 2. The first kappa shape index (κ1) is 17.7. The largest absolute Gasteiger partial charge is 0.496 e. The number of likely N-dealkylation sites (tertiary alicyclic amines) is 2. The molecule has 136 valence electrons. The Balaban J connectivity index is 2.00. The first-order valence-electron chi connectivity index (χ1n) is 8.88. The standard InChI is InChI=1S/C19H25FN2O3/c1-13(2)21-11-5-9-19(18(21)24)10-6-12-22(19)17(23)16-14(20)7-4-8-15(16)25-3/h4,7-8,13H,5-6,9-12H2,1-3H3. The topological polar surface area (TPSA) is 49.9 Å². The van der Waals surface area contributed by atoms with Gasteiger partial charge in [0.05, 0.1) is 7.11 Å². The Morgan fingerprint density at radius 1 is 1.24 bits per heavy atom. The molecule has 0 radical (unpaired) electrons. The molecule has 3 rings (SSSR count). The van der Waals surface area contributed by atoms with E-state index in [0.717, 1.165) is 12.8 Å². The summed E-state index contributed by atoms with van der Waals surface area (Å²) in [4.78, 5) is 29.8. The van der Waals surface area contributed by atoms with Crippen LogP contribution in [-0.4, -0.2) is 53.4 Å². The molecular formula is C19H25FN2O3. The quantitative estimate of drug-likeness (QED) is 0.844. The molecule has 1 aromatic carbocycles. The second-order valence-electron chi connectivity index (χ2n) is 7.10. The van der Waals surface area contributed by atoms with Crippen LogP contribution in [0.4, 0.5) is 4.39 Å². The predicted molar refractivity (Wildman–Crippen MR) is 92.0 cm³/mol. The molecule has 0 bridgehead atoms. The van der Waals surface area contributed by atoms with Gasteiger partial charge in [-0.2, -0.15) is 0 Å². The summed E-state index contributed by atoms with van der Waals surface area (Å²) in [6.07, 6.45) is 2.87. The summed E-state index contributed by atoms with van der Waals surface area (Å²) in [5.41, 5.74) is -0.923. The van der Waals surface area contributed by atoms with Crippen molar-refractivity contribution in [1.29, 1.82) is 0 Å². The van der Waals surface area contributed by atoms with Gasteiger partial charge < -0.3 is 14.5 Å². The van der Waals surface area contributed by atoms with E-state index in [4.69, 9.17) is 4.74 Å². The molecule has 0 aromatic heterocycles. The molecule has 1 unspecified atom stereocenters. The molecule has 5 nitrogen and oxygen atoms in total. The van der Waals surface area contributed by atoms with Gasteiger partial charge in [-0.15, -0.1) is 0 Å². The van der Waals surface area contributed by atoms with Crippen LogP contribution in [0, 0.1) is 5.82 Å². The van der Waals surface area contributed by atoms with Crippen molar-refractivity contribution < 1.29 is 18.7 Å². The van der Waals surface area contributed by atoms with E-state index in [2.05, 4.69) is 0 Å². The third-order valence-corrected chi connectivity index (χ3v) is 5.41. The molecule has 2 aliphatic heterocycles. The number of methoxy groups -OCH3 is 1. The molecule has 6 heteroatoms. The highest BCUT2D eigenvalue weighted by Gasteiger charge is 2.53. The summed E-state index contributed by atoms with van der Waals surface area (Å²) in [6.45, 7) is 5.15. The molecule has 0 N–H and O–H groups in total. The maximum atomic E-state index is 14.4. The van der Waals surface area contributed by atoms with Gasteiger partial charge in [0, 0.05) is 19.1 Å². The Kier molecular flexibility index (Phi) is 4.71. The lowest BCUT2D eigenvalue weighted by molar-refractivity contribution is -0.147. The summed E-state index contributed by atoms with van der Waals surface area (Å²) in [7, 11) is 1.41. The second-order valence-corrected chi connectivity index (χ2v) is 7.10. The minimum atomic E-state index is -0.840. The van der Waals surface area contributed by atoms with Gasteiger partial charge >= 0.3 is 0 Å². The molecule has 25 heavy (non-hydrogen) atoms. The highest BCUT2D eigenvalue weighted by atomic mass is 19.1. The summed E-state index contributed by atoms with van der Waals surface area (Å²) in [5, 5.41) is 0. The first-order chi connectivity index (χ1) is 11.9. The van der Waals surface area contributed by atoms with Crippen molar-refractivity contribution in [3.8, 4) is 5.75 Å². The Labute approximate surface area is 147 Å². The number of carbonyl (C=O) groups is 2. The average molecular weight is 348 g/mol. The number of nitrogens with zero attached hydrogens (tertiary/aromatic N) is 2. The lowest BCUT2D eigenvalue weighted by atomic mass is 9.84. The monoisotopic (exact) mass is 348 g/mol. The van der Waals surface area contributed by atoms with Crippen LogP contribution in [0.3, 0.4) is 0 Å². The van der Waals surface area contributed by atoms with Crippen LogP contribution >= 0.6 is 0 Å². The lowest BCUT2D eigenvalue weighted by Crippen LogP contribution is -2.62. The van der Waals surface area contributed by atoms with E-state index >= 15 is 0 Å². The van der Waals surface area contributed by atoms with Gasteiger partial charge in [-0.3, -0.25) is 9.59 Å². The number of hydrogen-bond acceptors (Lipinski definition) is 3. The van der Waals surface area contributed by atoms with Crippen LogP contribution in [0.15, 0.2) is 18.2 Å². The number of carbonyl (C=O) groups excluding carboxylic acids is 2. The van der Waals surface area contributed by atoms with Gasteiger partial charge in [0.1, 0.15) is 22.7 Å². The van der Waals surface area contributed by atoms with Gasteiger partial charge in [0.15, 0.2) is 0 Å². The van der Waals surface area contributed by atoms with Crippen molar-refractivity contribution in [3.63, 3.8) is 0 Å². The summed E-state index contributed by atoms with van der Waals surface area (Å²) in [5.74, 6) is -0.868. The van der Waals surface area contributed by atoms with E-state index in [-0.39, 0.29) is 23.3 Å². The van der Waals surface area contributed by atoms with Crippen molar-refractivity contribution >= 4 is 11.8 Å². The SMILES string of the molecule is COc1cccc(F)c1C(=O)N1CCCC12CCCN(C(C)C)C2=O. The number of rotatable bonds is 3. The van der Waals surface area contributed by atoms with Gasteiger partial charge in [-0.05, 0) is 51.7 Å². The number of piperidine rings is 1. The van der Waals surface area contributed by atoms with Crippen LogP contribution in [0.5, 0.6) is 5.75 Å². The fourth-order valence-electron chi connectivity index (χ4n) is 4.18. The molecule has 1 atom stereocenters. The number of halogens is 1. The Morgan fingerprint density at radius 2 is 1.92 bits per heavy atom. The first-order valence-corrected chi connectivity index (χ1v) is 8.88. The van der Waals surface area contributed by atoms with E-state index in [9.17, 15) is 14.0 Å². The Bertz CT molecular complexity index is 691. The van der Waals surface area contributed by atoms with E-state index in [1.807, 2.05) is 18.7 Å². The van der Waals surface area contributed by atoms with Gasteiger partial charge in [-0.25, -0.2) is 4.39 Å². The van der Waals surface area contributed by atoms with Crippen LogP contribution in [0.1, 0.15) is 49.9 Å². The van der Waals surface area contributed by atoms with Crippen molar-refractivity contribution in [3.05, 3.63) is 29.6 Å². The average Bonchev–Trinajstić information content (AvgIpc) is 3.00. The van der Waals surface area contributed by atoms with Crippen molar-refractivity contribution in [2.75, 3.05) is 20.2 Å². The highest BCUT2D eigenvalue weighted by molar-refractivity contribution is 6.02. The molecule has 2 amide bonds. The smallest absolute Gasteiger partial charge is 0.261 e. The van der Waals surface area contributed by atoms with Gasteiger partial charge in [0.2, 0.25) is 5.91 Å². The molecule has 2 aliphatic rings. The highest BCUT2D eigenvalue weighted by Crippen LogP contribution is 2.40. The number of ether oxygens (including phenoxy) is 1. The van der Waals surface area contributed by atoms with E-state index in [0.29, 0.717) is 25.9 Å². The summed E-state index contributed by atoms with van der Waals surface area (Å²) >= 11 is 0. The fraction of sp³-hybridized carbons (Fsp3) is 0.579. The molecule has 1 spiro atoms. The summed E-state index contributed by atoms with van der Waals surface area (Å²) < 4.78 is 19.6. The zero-order valence-electron chi connectivity index (χ0n) is 15.0. The third kappa shape index (κ3) is 2.77. The minimum Gasteiger partial charge on any atom is -0.496 e. The molecule has 0 saturated carbocycles. The molecule has 2 saturated heterocycles. The third-order valence-electron chi connectivity index (χ3n) is 5.41. The predicted octanol–water partition coefficient (Wildman–Crippen LogP) is 2.84. The summed E-state index contributed by atoms with van der Waals surface area (Å²) in [6, 6.07) is 4.42. The maximum Gasteiger partial charge on any atom is 0.261 e. The van der Waals surface area contributed by atoms with Gasteiger partial charge in [0.25, 0.3) is 5.91 Å². The molecular weight excluding hydrogens is 323 g/mol. The van der Waals surface area contributed by atoms with E-state index in [1.165, 1.54) is 19.2 Å². The fourth-order valence-corrected chi connectivity index (χ4v) is 4.18. The zero-order chi connectivity index (χ0) is 18.2. The van der Waals surface area contributed by atoms with Crippen molar-refractivity contribution in [2.45, 2.75) is 51.1 Å². The second kappa shape index (κ2) is 6.65. The Morgan fingerprint density at radius 3 is 2.56 bits per heavy atom. The molecule has 2 fully saturated rings. The van der Waals surface area contributed by atoms with Crippen molar-refractivity contribution in [2.24, 2.45) is 0 Å². The van der Waals surface area contributed by atoms with Crippen LogP contribution in [0.2, 0.25) is 0 Å². The van der Waals surface area contributed by atoms with Crippen molar-refractivity contribution in [1.82, 2.24) is 9.80 Å². The van der Waals surface area contributed by atoms with E-state index in [1.54, 1.807) is 11.0 Å². The lowest BCUT2D eigenvalue weighted by Gasteiger charge is -2.46. The minimum absolute atomic E-state index is 0.00472. The molecule has 2 heterocycles. The molecule has 0 aliphatic carbocycles.